The smallest absolute Gasteiger partial charge is 0.222 e. The number of hydrogen-bond donors (Lipinski definition) is 0. The Morgan fingerprint density at radius 1 is 0.960 bits per heavy atom. The van der Waals surface area contributed by atoms with Crippen LogP contribution in [0.5, 0.6) is 0 Å². The molecule has 4 aliphatic rings. The van der Waals surface area contributed by atoms with Crippen LogP contribution in [0.15, 0.2) is 0 Å². The molecule has 4 fully saturated rings. The number of likely N-dealkylation sites (N-methyl/N-ethyl adjacent to an activating group) is 1. The summed E-state index contributed by atoms with van der Waals surface area (Å²) in [6, 6.07) is 0.753. The van der Waals surface area contributed by atoms with Gasteiger partial charge >= 0.3 is 0 Å². The van der Waals surface area contributed by atoms with Gasteiger partial charge in [0.2, 0.25) is 5.91 Å². The minimum atomic E-state index is 0.218. The van der Waals surface area contributed by atoms with Gasteiger partial charge in [-0.1, -0.05) is 0 Å². The lowest BCUT2D eigenvalue weighted by Gasteiger charge is -2.52. The molecule has 5 nitrogen and oxygen atoms in total. The lowest BCUT2D eigenvalue weighted by atomic mass is 9.85. The minimum Gasteiger partial charge on any atom is -0.342 e. The van der Waals surface area contributed by atoms with Crippen LogP contribution >= 0.6 is 0 Å². The van der Waals surface area contributed by atoms with Crippen LogP contribution in [-0.4, -0.2) is 97.0 Å². The Morgan fingerprint density at radius 3 is 2.44 bits per heavy atom. The van der Waals surface area contributed by atoms with Crippen LogP contribution in [0.1, 0.15) is 44.9 Å². The fourth-order valence-electron chi connectivity index (χ4n) is 5.20. The molecule has 0 unspecified atom stereocenters. The number of carbonyl (C=O) groups excluding carboxylic acids is 1. The zero-order valence-corrected chi connectivity index (χ0v) is 16.3. The van der Waals surface area contributed by atoms with E-state index in [-0.39, 0.29) is 5.54 Å². The van der Waals surface area contributed by atoms with Crippen LogP contribution in [0.3, 0.4) is 0 Å². The molecule has 5 heteroatoms. The first kappa shape index (κ1) is 17.7. The first-order valence-corrected chi connectivity index (χ1v) is 10.5. The van der Waals surface area contributed by atoms with Gasteiger partial charge in [0.05, 0.1) is 0 Å². The number of likely N-dealkylation sites (tertiary alicyclic amines) is 2. The Hall–Kier alpha value is -0.650. The van der Waals surface area contributed by atoms with Crippen molar-refractivity contribution in [3.8, 4) is 0 Å². The number of piperazine rings is 1. The predicted molar refractivity (Wildman–Crippen MR) is 101 cm³/mol. The van der Waals surface area contributed by atoms with E-state index in [2.05, 4.69) is 33.7 Å². The normalized spacial score (nSPS) is 34.6. The maximum Gasteiger partial charge on any atom is 0.222 e. The Labute approximate surface area is 153 Å². The highest BCUT2D eigenvalue weighted by molar-refractivity contribution is 5.76. The summed E-state index contributed by atoms with van der Waals surface area (Å²) in [6.07, 6.45) is 8.24. The number of nitrogens with zero attached hydrogens (tertiary/aromatic N) is 4. The van der Waals surface area contributed by atoms with Gasteiger partial charge < -0.3 is 9.80 Å². The fraction of sp³-hybridized carbons (Fsp3) is 0.950. The fourth-order valence-corrected chi connectivity index (χ4v) is 5.20. The van der Waals surface area contributed by atoms with Gasteiger partial charge in [0.1, 0.15) is 0 Å². The van der Waals surface area contributed by atoms with Crippen LogP contribution in [0.25, 0.3) is 0 Å². The van der Waals surface area contributed by atoms with Crippen molar-refractivity contribution in [3.63, 3.8) is 0 Å². The molecule has 3 saturated heterocycles. The SMILES string of the molecule is CN1CCC(N2CCN(C)[C@]3(CCC(=O)N(CC4CC4)CC3)C2)CC1. The molecule has 25 heavy (non-hydrogen) atoms. The van der Waals surface area contributed by atoms with Gasteiger partial charge in [-0.05, 0) is 71.6 Å². The first-order valence-electron chi connectivity index (χ1n) is 10.5. The standard InChI is InChI=1S/C20H36N4O/c1-21-10-6-18(7-11-21)24-14-13-22(2)20(16-24)8-5-19(25)23(12-9-20)15-17-3-4-17/h17-18H,3-16H2,1-2H3/t20-/m0/s1. The van der Waals surface area contributed by atoms with Crippen molar-refractivity contribution in [2.75, 3.05) is 59.9 Å². The zero-order chi connectivity index (χ0) is 17.4. The van der Waals surface area contributed by atoms with E-state index in [0.29, 0.717) is 5.91 Å². The highest BCUT2D eigenvalue weighted by atomic mass is 16.2. The summed E-state index contributed by atoms with van der Waals surface area (Å²) in [5, 5.41) is 0. The summed E-state index contributed by atoms with van der Waals surface area (Å²) in [5.74, 6) is 1.21. The Morgan fingerprint density at radius 2 is 1.72 bits per heavy atom. The zero-order valence-electron chi connectivity index (χ0n) is 16.3. The van der Waals surface area contributed by atoms with Gasteiger partial charge in [-0.3, -0.25) is 14.6 Å². The Bertz CT molecular complexity index is 486. The highest BCUT2D eigenvalue weighted by Gasteiger charge is 2.44. The van der Waals surface area contributed by atoms with E-state index in [0.717, 1.165) is 50.9 Å². The van der Waals surface area contributed by atoms with Gasteiger partial charge in [0, 0.05) is 50.7 Å². The molecule has 0 bridgehead atoms. The third kappa shape index (κ3) is 3.88. The minimum absolute atomic E-state index is 0.218. The molecular weight excluding hydrogens is 312 g/mol. The third-order valence-electron chi connectivity index (χ3n) is 7.41. The quantitative estimate of drug-likeness (QED) is 0.773. The van der Waals surface area contributed by atoms with E-state index >= 15 is 0 Å². The first-order chi connectivity index (χ1) is 12.1. The van der Waals surface area contributed by atoms with Crippen molar-refractivity contribution in [1.82, 2.24) is 19.6 Å². The largest absolute Gasteiger partial charge is 0.342 e. The number of amides is 1. The van der Waals surface area contributed by atoms with Gasteiger partial charge in [-0.15, -0.1) is 0 Å². The molecule has 1 aliphatic carbocycles. The molecule has 3 heterocycles. The number of rotatable bonds is 3. The van der Waals surface area contributed by atoms with Crippen LogP contribution in [-0.2, 0) is 4.79 Å². The number of piperidine rings is 1. The molecule has 142 valence electrons. The molecule has 0 aromatic rings. The van der Waals surface area contributed by atoms with Crippen molar-refractivity contribution in [2.45, 2.75) is 56.5 Å². The molecule has 1 saturated carbocycles. The topological polar surface area (TPSA) is 30.0 Å². The maximum atomic E-state index is 12.6. The molecule has 1 amide bonds. The van der Waals surface area contributed by atoms with E-state index < -0.39 is 0 Å². The van der Waals surface area contributed by atoms with Crippen molar-refractivity contribution in [1.29, 1.82) is 0 Å². The summed E-state index contributed by atoms with van der Waals surface area (Å²) >= 11 is 0. The van der Waals surface area contributed by atoms with Gasteiger partial charge in [-0.25, -0.2) is 0 Å². The molecular formula is C20H36N4O. The Balaban J connectivity index is 1.42. The van der Waals surface area contributed by atoms with Gasteiger partial charge in [0.25, 0.3) is 0 Å². The van der Waals surface area contributed by atoms with E-state index in [1.54, 1.807) is 0 Å². The second-order valence-electron chi connectivity index (χ2n) is 9.18. The summed E-state index contributed by atoms with van der Waals surface area (Å²) in [4.78, 5) is 22.6. The predicted octanol–water partition coefficient (Wildman–Crippen LogP) is 1.49. The van der Waals surface area contributed by atoms with E-state index in [1.807, 2.05) is 0 Å². The van der Waals surface area contributed by atoms with Gasteiger partial charge in [-0.2, -0.15) is 0 Å². The lowest BCUT2D eigenvalue weighted by molar-refractivity contribution is -0.131. The maximum absolute atomic E-state index is 12.6. The van der Waals surface area contributed by atoms with Crippen LogP contribution in [0.4, 0.5) is 0 Å². The Kier molecular flexibility index (Phi) is 5.09. The van der Waals surface area contributed by atoms with Crippen molar-refractivity contribution >= 4 is 5.91 Å². The molecule has 1 spiro atoms. The number of carbonyl (C=O) groups is 1. The van der Waals surface area contributed by atoms with Crippen LogP contribution in [0.2, 0.25) is 0 Å². The highest BCUT2D eigenvalue weighted by Crippen LogP contribution is 2.36. The summed E-state index contributed by atoms with van der Waals surface area (Å²) in [7, 11) is 4.54. The average Bonchev–Trinajstić information content (AvgIpc) is 3.44. The summed E-state index contributed by atoms with van der Waals surface area (Å²) in [6.45, 7) is 7.99. The van der Waals surface area contributed by atoms with Crippen molar-refractivity contribution in [2.24, 2.45) is 5.92 Å². The third-order valence-corrected chi connectivity index (χ3v) is 7.41. The van der Waals surface area contributed by atoms with Crippen LogP contribution < -0.4 is 0 Å². The molecule has 0 aromatic heterocycles. The molecule has 4 rings (SSSR count). The lowest BCUT2D eigenvalue weighted by Crippen LogP contribution is -2.63. The molecule has 0 radical (unpaired) electrons. The molecule has 3 aliphatic heterocycles. The number of hydrogen-bond acceptors (Lipinski definition) is 4. The van der Waals surface area contributed by atoms with Gasteiger partial charge in [0.15, 0.2) is 0 Å². The average molecular weight is 349 g/mol. The van der Waals surface area contributed by atoms with E-state index in [9.17, 15) is 4.79 Å². The molecule has 0 N–H and O–H groups in total. The monoisotopic (exact) mass is 348 g/mol. The summed E-state index contributed by atoms with van der Waals surface area (Å²) in [5.41, 5.74) is 0.218. The molecule has 1 atom stereocenters. The van der Waals surface area contributed by atoms with Crippen molar-refractivity contribution in [3.05, 3.63) is 0 Å². The summed E-state index contributed by atoms with van der Waals surface area (Å²) < 4.78 is 0. The second-order valence-corrected chi connectivity index (χ2v) is 9.18. The molecule has 0 aromatic carbocycles. The van der Waals surface area contributed by atoms with E-state index in [4.69, 9.17) is 0 Å². The van der Waals surface area contributed by atoms with E-state index in [1.165, 1.54) is 51.9 Å². The van der Waals surface area contributed by atoms with Crippen LogP contribution in [0, 0.1) is 5.92 Å². The van der Waals surface area contributed by atoms with Crippen molar-refractivity contribution < 1.29 is 4.79 Å². The second kappa shape index (κ2) is 7.16.